The molecule has 0 radical (unpaired) electrons. The Labute approximate surface area is 141 Å². The SMILES string of the molecule is CCOC(=O)Nc1ccc(C(=O)N2CC(C(N)=O)CCC2C)cc1. The van der Waals surface area contributed by atoms with Crippen molar-refractivity contribution in [1.29, 1.82) is 0 Å². The van der Waals surface area contributed by atoms with E-state index in [9.17, 15) is 14.4 Å². The van der Waals surface area contributed by atoms with Gasteiger partial charge < -0.3 is 15.4 Å². The summed E-state index contributed by atoms with van der Waals surface area (Å²) in [4.78, 5) is 37.1. The van der Waals surface area contributed by atoms with E-state index in [2.05, 4.69) is 5.32 Å². The third-order valence-electron chi connectivity index (χ3n) is 4.20. The third kappa shape index (κ3) is 4.24. The maximum atomic E-state index is 12.7. The van der Waals surface area contributed by atoms with Crippen LogP contribution in [0, 0.1) is 5.92 Å². The molecule has 1 aliphatic rings. The Morgan fingerprint density at radius 3 is 2.50 bits per heavy atom. The molecule has 3 N–H and O–H groups in total. The molecule has 24 heavy (non-hydrogen) atoms. The van der Waals surface area contributed by atoms with Crippen LogP contribution >= 0.6 is 0 Å². The average Bonchev–Trinajstić information content (AvgIpc) is 2.55. The Kier molecular flexibility index (Phi) is 5.78. The van der Waals surface area contributed by atoms with E-state index >= 15 is 0 Å². The van der Waals surface area contributed by atoms with E-state index in [4.69, 9.17) is 10.5 Å². The molecule has 0 aromatic heterocycles. The Bertz CT molecular complexity index is 615. The minimum absolute atomic E-state index is 0.0606. The molecule has 0 aliphatic carbocycles. The third-order valence-corrected chi connectivity index (χ3v) is 4.20. The summed E-state index contributed by atoms with van der Waals surface area (Å²) >= 11 is 0. The second-order valence-electron chi connectivity index (χ2n) is 5.91. The lowest BCUT2D eigenvalue weighted by atomic mass is 9.92. The van der Waals surface area contributed by atoms with Crippen molar-refractivity contribution in [2.75, 3.05) is 18.5 Å². The van der Waals surface area contributed by atoms with Crippen LogP contribution in [0.2, 0.25) is 0 Å². The Hall–Kier alpha value is -2.57. The highest BCUT2D eigenvalue weighted by Gasteiger charge is 2.32. The number of piperidine rings is 1. The number of likely N-dealkylation sites (tertiary alicyclic amines) is 1. The highest BCUT2D eigenvalue weighted by atomic mass is 16.5. The van der Waals surface area contributed by atoms with Gasteiger partial charge in [0.25, 0.3) is 5.91 Å². The summed E-state index contributed by atoms with van der Waals surface area (Å²) in [7, 11) is 0. The van der Waals surface area contributed by atoms with E-state index in [1.165, 1.54) is 0 Å². The summed E-state index contributed by atoms with van der Waals surface area (Å²) in [5, 5.41) is 2.57. The smallest absolute Gasteiger partial charge is 0.411 e. The van der Waals surface area contributed by atoms with E-state index in [1.54, 1.807) is 36.1 Å². The lowest BCUT2D eigenvalue weighted by Gasteiger charge is -2.37. The zero-order chi connectivity index (χ0) is 17.7. The van der Waals surface area contributed by atoms with Crippen molar-refractivity contribution in [1.82, 2.24) is 4.90 Å². The largest absolute Gasteiger partial charge is 0.450 e. The van der Waals surface area contributed by atoms with Gasteiger partial charge in [0.1, 0.15) is 0 Å². The second-order valence-corrected chi connectivity index (χ2v) is 5.91. The summed E-state index contributed by atoms with van der Waals surface area (Å²) in [6.45, 7) is 4.32. The number of benzene rings is 1. The fourth-order valence-electron chi connectivity index (χ4n) is 2.77. The number of carbonyl (C=O) groups excluding carboxylic acids is 3. The molecule has 7 heteroatoms. The van der Waals surface area contributed by atoms with E-state index in [0.717, 1.165) is 6.42 Å². The first-order chi connectivity index (χ1) is 11.4. The fraction of sp³-hybridized carbons (Fsp3) is 0.471. The molecule has 0 bridgehead atoms. The number of rotatable bonds is 4. The molecule has 0 spiro atoms. The van der Waals surface area contributed by atoms with Crippen LogP contribution < -0.4 is 11.1 Å². The van der Waals surface area contributed by atoms with Crippen molar-refractivity contribution in [3.63, 3.8) is 0 Å². The molecule has 7 nitrogen and oxygen atoms in total. The van der Waals surface area contributed by atoms with Crippen molar-refractivity contribution in [2.24, 2.45) is 11.7 Å². The van der Waals surface area contributed by atoms with Crippen LogP contribution in [-0.2, 0) is 9.53 Å². The zero-order valence-corrected chi connectivity index (χ0v) is 14.0. The molecule has 0 saturated carbocycles. The molecule has 3 amide bonds. The summed E-state index contributed by atoms with van der Waals surface area (Å²) < 4.78 is 4.80. The van der Waals surface area contributed by atoms with Crippen LogP contribution in [0.15, 0.2) is 24.3 Å². The predicted octanol–water partition coefficient (Wildman–Crippen LogP) is 1.98. The van der Waals surface area contributed by atoms with Gasteiger partial charge in [-0.2, -0.15) is 0 Å². The van der Waals surface area contributed by atoms with Crippen molar-refractivity contribution in [3.8, 4) is 0 Å². The summed E-state index contributed by atoms with van der Waals surface area (Å²) in [6.07, 6.45) is 0.926. The number of nitrogens with two attached hydrogens (primary N) is 1. The first-order valence-electron chi connectivity index (χ1n) is 8.06. The van der Waals surface area contributed by atoms with Gasteiger partial charge in [-0.3, -0.25) is 14.9 Å². The lowest BCUT2D eigenvalue weighted by Crippen LogP contribution is -2.48. The molecule has 2 rings (SSSR count). The Morgan fingerprint density at radius 1 is 1.25 bits per heavy atom. The Morgan fingerprint density at radius 2 is 1.92 bits per heavy atom. The standard InChI is InChI=1S/C17H23N3O4/c1-3-24-17(23)19-14-8-6-12(7-9-14)16(22)20-10-13(15(18)21)5-4-11(20)2/h6-9,11,13H,3-5,10H2,1-2H3,(H2,18,21)(H,19,23). The maximum absolute atomic E-state index is 12.7. The fourth-order valence-corrected chi connectivity index (χ4v) is 2.77. The van der Waals surface area contributed by atoms with Gasteiger partial charge in [0.2, 0.25) is 5.91 Å². The molecule has 130 valence electrons. The summed E-state index contributed by atoms with van der Waals surface area (Å²) in [5.41, 5.74) is 6.42. The normalized spacial score (nSPS) is 20.3. The number of amides is 3. The van der Waals surface area contributed by atoms with E-state index in [1.807, 2.05) is 6.92 Å². The molecule has 1 heterocycles. The van der Waals surface area contributed by atoms with Crippen molar-refractivity contribution in [3.05, 3.63) is 29.8 Å². The van der Waals surface area contributed by atoms with Crippen LogP contribution in [-0.4, -0.2) is 42.0 Å². The van der Waals surface area contributed by atoms with Gasteiger partial charge in [0.15, 0.2) is 0 Å². The van der Waals surface area contributed by atoms with Crippen LogP contribution in [0.1, 0.15) is 37.0 Å². The van der Waals surface area contributed by atoms with Crippen molar-refractivity contribution >= 4 is 23.6 Å². The van der Waals surface area contributed by atoms with Gasteiger partial charge in [0.05, 0.1) is 12.5 Å². The van der Waals surface area contributed by atoms with Crippen LogP contribution in [0.3, 0.4) is 0 Å². The first kappa shape index (κ1) is 17.8. The highest BCUT2D eigenvalue weighted by Crippen LogP contribution is 2.24. The van der Waals surface area contributed by atoms with Gasteiger partial charge >= 0.3 is 6.09 Å². The topological polar surface area (TPSA) is 102 Å². The molecule has 1 aromatic rings. The number of anilines is 1. The monoisotopic (exact) mass is 333 g/mol. The molecule has 1 aliphatic heterocycles. The quantitative estimate of drug-likeness (QED) is 0.879. The van der Waals surface area contributed by atoms with E-state index in [-0.39, 0.29) is 30.4 Å². The second kappa shape index (κ2) is 7.81. The van der Waals surface area contributed by atoms with Crippen molar-refractivity contribution < 1.29 is 19.1 Å². The maximum Gasteiger partial charge on any atom is 0.411 e. The molecule has 1 aromatic carbocycles. The molecular formula is C17H23N3O4. The minimum Gasteiger partial charge on any atom is -0.450 e. The molecule has 2 unspecified atom stereocenters. The van der Waals surface area contributed by atoms with Gasteiger partial charge in [-0.25, -0.2) is 4.79 Å². The zero-order valence-electron chi connectivity index (χ0n) is 14.0. The highest BCUT2D eigenvalue weighted by molar-refractivity contribution is 5.95. The molecule has 1 saturated heterocycles. The molecule has 1 fully saturated rings. The lowest BCUT2D eigenvalue weighted by molar-refractivity contribution is -0.123. The van der Waals surface area contributed by atoms with Gasteiger partial charge in [-0.1, -0.05) is 0 Å². The Balaban J connectivity index is 2.06. The number of carbonyl (C=O) groups is 3. The number of nitrogens with one attached hydrogen (secondary N) is 1. The van der Waals surface area contributed by atoms with Crippen LogP contribution in [0.5, 0.6) is 0 Å². The number of primary amides is 1. The average molecular weight is 333 g/mol. The summed E-state index contributed by atoms with van der Waals surface area (Å²) in [5.74, 6) is -0.806. The van der Waals surface area contributed by atoms with Crippen LogP contribution in [0.4, 0.5) is 10.5 Å². The van der Waals surface area contributed by atoms with Gasteiger partial charge in [0, 0.05) is 23.8 Å². The predicted molar refractivity (Wildman–Crippen MR) is 89.5 cm³/mol. The van der Waals surface area contributed by atoms with E-state index < -0.39 is 6.09 Å². The molecule has 2 atom stereocenters. The number of ether oxygens (including phenoxy) is 1. The van der Waals surface area contributed by atoms with Gasteiger partial charge in [-0.05, 0) is 51.0 Å². The van der Waals surface area contributed by atoms with Crippen LogP contribution in [0.25, 0.3) is 0 Å². The van der Waals surface area contributed by atoms with Crippen molar-refractivity contribution in [2.45, 2.75) is 32.7 Å². The van der Waals surface area contributed by atoms with E-state index in [0.29, 0.717) is 24.2 Å². The minimum atomic E-state index is -0.537. The number of nitrogens with zero attached hydrogens (tertiary/aromatic N) is 1. The molecular weight excluding hydrogens is 310 g/mol. The van der Waals surface area contributed by atoms with Gasteiger partial charge in [-0.15, -0.1) is 0 Å². The number of hydrogen-bond donors (Lipinski definition) is 2. The summed E-state index contributed by atoms with van der Waals surface area (Å²) in [6, 6.07) is 6.63. The number of hydrogen-bond acceptors (Lipinski definition) is 4. The first-order valence-corrected chi connectivity index (χ1v) is 8.06.